The first kappa shape index (κ1) is 15.9. The molecule has 3 aliphatic heterocycles. The van der Waals surface area contributed by atoms with Crippen molar-refractivity contribution in [3.63, 3.8) is 0 Å². The van der Waals surface area contributed by atoms with Crippen molar-refractivity contribution < 1.29 is 24.3 Å². The van der Waals surface area contributed by atoms with Gasteiger partial charge in [-0.15, -0.1) is 0 Å². The van der Waals surface area contributed by atoms with Gasteiger partial charge in [0.25, 0.3) is 0 Å². The number of ether oxygens (including phenoxy) is 2. The van der Waals surface area contributed by atoms with Gasteiger partial charge >= 0.3 is 7.12 Å². The van der Waals surface area contributed by atoms with E-state index in [9.17, 15) is 14.8 Å². The van der Waals surface area contributed by atoms with E-state index in [2.05, 4.69) is 5.32 Å². The Morgan fingerprint density at radius 3 is 2.88 bits per heavy atom. The Bertz CT molecular complexity index is 625. The minimum absolute atomic E-state index is 0.0120. The topological polar surface area (TPSA) is 88.0 Å². The molecule has 5 atom stereocenters. The Balaban J connectivity index is 1.41. The van der Waals surface area contributed by atoms with Gasteiger partial charge in [0.1, 0.15) is 5.75 Å². The summed E-state index contributed by atoms with van der Waals surface area (Å²) in [6, 6.07) is 7.75. The van der Waals surface area contributed by atoms with Crippen LogP contribution in [0, 0.1) is 5.92 Å². The molecule has 3 heterocycles. The van der Waals surface area contributed by atoms with Gasteiger partial charge in [-0.3, -0.25) is 4.79 Å². The smallest absolute Gasteiger partial charge is 0.475 e. The summed E-state index contributed by atoms with van der Waals surface area (Å²) in [7, 11) is -1.60. The van der Waals surface area contributed by atoms with E-state index in [0.29, 0.717) is 13.0 Å². The number of carbonyl (C=O) groups is 1. The lowest BCUT2D eigenvalue weighted by molar-refractivity contribution is -0.127. The van der Waals surface area contributed by atoms with E-state index in [1.165, 1.54) is 0 Å². The molecule has 2 saturated heterocycles. The van der Waals surface area contributed by atoms with E-state index < -0.39 is 13.1 Å². The van der Waals surface area contributed by atoms with Crippen molar-refractivity contribution in [1.29, 1.82) is 0 Å². The average molecular weight is 331 g/mol. The highest BCUT2D eigenvalue weighted by Gasteiger charge is 2.45. The molecular formula is C17H22BNO5. The standard InChI is InChI=1S/C17H22BNO5/c20-17(13-8-11-5-6-15(13)24-11)19-16(18(21)22)7-10-9-23-14-4-2-1-3-12(10)14/h1-4,10-11,13,15-16,21-22H,5-9H2,(H,19,20)/t10-,11+,13-,15-,16?/m0/s1. The van der Waals surface area contributed by atoms with E-state index in [0.717, 1.165) is 30.6 Å². The lowest BCUT2D eigenvalue weighted by Gasteiger charge is -2.24. The molecule has 24 heavy (non-hydrogen) atoms. The lowest BCUT2D eigenvalue weighted by Crippen LogP contribution is -2.50. The maximum Gasteiger partial charge on any atom is 0.475 e. The van der Waals surface area contributed by atoms with Gasteiger partial charge in [-0.1, -0.05) is 18.2 Å². The van der Waals surface area contributed by atoms with Crippen LogP contribution in [0.2, 0.25) is 0 Å². The molecule has 3 aliphatic rings. The SMILES string of the molecule is O=C(NC(C[C@H]1COc2ccccc21)B(O)O)[C@H]1C[C@H]2CC[C@@H]1O2. The quantitative estimate of drug-likeness (QED) is 0.689. The second-order valence-electron chi connectivity index (χ2n) is 7.03. The zero-order valence-corrected chi connectivity index (χ0v) is 13.4. The fourth-order valence-electron chi connectivity index (χ4n) is 4.19. The fraction of sp³-hybridized carbons (Fsp3) is 0.588. The van der Waals surface area contributed by atoms with Crippen molar-refractivity contribution in [1.82, 2.24) is 5.32 Å². The molecule has 1 aromatic carbocycles. The Kier molecular flexibility index (Phi) is 4.24. The van der Waals surface area contributed by atoms with Crippen LogP contribution < -0.4 is 10.1 Å². The number of carbonyl (C=O) groups excluding carboxylic acids is 1. The number of nitrogens with one attached hydrogen (secondary N) is 1. The predicted octanol–water partition coefficient (Wildman–Crippen LogP) is 0.617. The summed E-state index contributed by atoms with van der Waals surface area (Å²) < 4.78 is 11.4. The molecule has 4 rings (SSSR count). The molecule has 3 N–H and O–H groups in total. The molecule has 1 aromatic rings. The number of rotatable bonds is 5. The second-order valence-corrected chi connectivity index (χ2v) is 7.03. The van der Waals surface area contributed by atoms with Crippen molar-refractivity contribution in [3.05, 3.63) is 29.8 Å². The van der Waals surface area contributed by atoms with Crippen LogP contribution in [0.1, 0.15) is 37.2 Å². The Labute approximate surface area is 141 Å². The summed E-state index contributed by atoms with van der Waals surface area (Å²) in [4.78, 5) is 12.5. The van der Waals surface area contributed by atoms with Crippen LogP contribution in [0.5, 0.6) is 5.75 Å². The molecule has 0 aliphatic carbocycles. The zero-order chi connectivity index (χ0) is 16.7. The molecule has 6 nitrogen and oxygen atoms in total. The molecule has 2 bridgehead atoms. The van der Waals surface area contributed by atoms with E-state index in [1.54, 1.807) is 0 Å². The van der Waals surface area contributed by atoms with Crippen molar-refractivity contribution >= 4 is 13.0 Å². The van der Waals surface area contributed by atoms with Gasteiger partial charge in [0, 0.05) is 11.5 Å². The van der Waals surface area contributed by atoms with E-state index in [1.807, 2.05) is 24.3 Å². The highest BCUT2D eigenvalue weighted by Crippen LogP contribution is 2.39. The minimum atomic E-state index is -1.60. The van der Waals surface area contributed by atoms with Crippen LogP contribution in [-0.4, -0.2) is 47.8 Å². The van der Waals surface area contributed by atoms with Crippen molar-refractivity contribution in [2.24, 2.45) is 5.92 Å². The molecule has 1 unspecified atom stereocenters. The summed E-state index contributed by atoms with van der Waals surface area (Å²) >= 11 is 0. The molecule has 0 spiro atoms. The maximum atomic E-state index is 12.5. The van der Waals surface area contributed by atoms with Gasteiger partial charge in [-0.2, -0.15) is 0 Å². The van der Waals surface area contributed by atoms with Gasteiger partial charge in [-0.05, 0) is 31.7 Å². The third-order valence-electron chi connectivity index (χ3n) is 5.47. The summed E-state index contributed by atoms with van der Waals surface area (Å²) in [6.45, 7) is 0.496. The molecule has 1 amide bonds. The van der Waals surface area contributed by atoms with Crippen LogP contribution in [0.25, 0.3) is 0 Å². The van der Waals surface area contributed by atoms with Crippen molar-refractivity contribution in [2.45, 2.75) is 49.8 Å². The summed E-state index contributed by atoms with van der Waals surface area (Å²) in [5.74, 6) is -0.132. The lowest BCUT2D eigenvalue weighted by atomic mass is 9.73. The van der Waals surface area contributed by atoms with Gasteiger partial charge < -0.3 is 24.8 Å². The van der Waals surface area contributed by atoms with Crippen LogP contribution in [0.4, 0.5) is 0 Å². The van der Waals surface area contributed by atoms with Crippen LogP contribution in [0.15, 0.2) is 24.3 Å². The van der Waals surface area contributed by atoms with E-state index >= 15 is 0 Å². The molecule has 2 fully saturated rings. The molecule has 0 saturated carbocycles. The second kappa shape index (κ2) is 6.39. The number of benzene rings is 1. The van der Waals surface area contributed by atoms with Crippen LogP contribution >= 0.6 is 0 Å². The molecule has 7 heteroatoms. The highest BCUT2D eigenvalue weighted by molar-refractivity contribution is 6.43. The van der Waals surface area contributed by atoms with Gasteiger partial charge in [0.05, 0.1) is 30.7 Å². The molecule has 128 valence electrons. The molecular weight excluding hydrogens is 309 g/mol. The van der Waals surface area contributed by atoms with Crippen molar-refractivity contribution in [3.8, 4) is 5.75 Å². The summed E-state index contributed by atoms with van der Waals surface area (Å²) in [5, 5.41) is 22.3. The van der Waals surface area contributed by atoms with E-state index in [-0.39, 0.29) is 30.0 Å². The Morgan fingerprint density at radius 2 is 2.17 bits per heavy atom. The highest BCUT2D eigenvalue weighted by atomic mass is 16.5. The summed E-state index contributed by atoms with van der Waals surface area (Å²) in [5.41, 5.74) is 1.06. The first-order valence-electron chi connectivity index (χ1n) is 8.65. The third kappa shape index (κ3) is 2.92. The van der Waals surface area contributed by atoms with Gasteiger partial charge in [0.2, 0.25) is 5.91 Å². The predicted molar refractivity (Wildman–Crippen MR) is 87.4 cm³/mol. The largest absolute Gasteiger partial charge is 0.493 e. The first-order valence-corrected chi connectivity index (χ1v) is 8.65. The Morgan fingerprint density at radius 1 is 1.33 bits per heavy atom. The summed E-state index contributed by atoms with van der Waals surface area (Å²) in [6.07, 6.45) is 3.29. The van der Waals surface area contributed by atoms with Crippen LogP contribution in [0.3, 0.4) is 0 Å². The number of hydrogen-bond acceptors (Lipinski definition) is 5. The molecule has 0 aromatic heterocycles. The van der Waals surface area contributed by atoms with Crippen molar-refractivity contribution in [2.75, 3.05) is 6.61 Å². The monoisotopic (exact) mass is 331 g/mol. The van der Waals surface area contributed by atoms with Crippen LogP contribution in [-0.2, 0) is 9.53 Å². The van der Waals surface area contributed by atoms with E-state index in [4.69, 9.17) is 9.47 Å². The fourth-order valence-corrected chi connectivity index (χ4v) is 4.19. The number of hydrogen-bond donors (Lipinski definition) is 3. The maximum absolute atomic E-state index is 12.5. The number of para-hydroxylation sites is 1. The van der Waals surface area contributed by atoms with Gasteiger partial charge in [0.15, 0.2) is 0 Å². The minimum Gasteiger partial charge on any atom is -0.493 e. The normalized spacial score (nSPS) is 31.4. The average Bonchev–Trinajstić information content (AvgIpc) is 3.29. The number of amides is 1. The third-order valence-corrected chi connectivity index (χ3v) is 5.47. The molecule has 0 radical (unpaired) electrons. The number of fused-ring (bicyclic) bond motifs is 3. The van der Waals surface area contributed by atoms with Gasteiger partial charge in [-0.25, -0.2) is 0 Å². The zero-order valence-electron chi connectivity index (χ0n) is 13.4. The Hall–Kier alpha value is -1.57. The first-order chi connectivity index (χ1) is 11.6.